The van der Waals surface area contributed by atoms with E-state index in [4.69, 9.17) is 27.8 Å². The number of anilines is 2. The molecule has 3 saturated heterocycles. The lowest BCUT2D eigenvalue weighted by molar-refractivity contribution is 0.00578. The summed E-state index contributed by atoms with van der Waals surface area (Å²) < 4.78 is 64.0. The van der Waals surface area contributed by atoms with E-state index in [0.29, 0.717) is 65.9 Å². The zero-order valence-electron chi connectivity index (χ0n) is 46.9. The molecule has 18 nitrogen and oxygen atoms in total. The minimum Gasteiger partial charge on any atom is -0.467 e. The van der Waals surface area contributed by atoms with Gasteiger partial charge >= 0.3 is 19.1 Å². The molecule has 0 radical (unpaired) electrons. The second-order valence-electron chi connectivity index (χ2n) is 21.4. The smallest absolute Gasteiger partial charge is 0.467 e. The number of hydrogen-bond donors (Lipinski definition) is 0. The summed E-state index contributed by atoms with van der Waals surface area (Å²) in [6.45, 7) is 23.7. The van der Waals surface area contributed by atoms with Gasteiger partial charge in [0.15, 0.2) is 11.6 Å². The number of hydrogen-bond acceptors (Lipinski definition) is 22. The fourth-order valence-electron chi connectivity index (χ4n) is 9.04. The Morgan fingerprint density at radius 1 is 0.600 bits per heavy atom. The third kappa shape index (κ3) is 14.0. The molecular formula is C54H66BBrF2N12O6S4. The summed E-state index contributed by atoms with van der Waals surface area (Å²) in [7, 11) is -0.696. The third-order valence-corrected chi connectivity index (χ3v) is 18.2. The highest BCUT2D eigenvalue weighted by atomic mass is 79.9. The molecule has 26 heteroatoms. The quantitative estimate of drug-likeness (QED) is 0.0565. The van der Waals surface area contributed by atoms with E-state index in [1.807, 2.05) is 58.4 Å². The predicted octanol–water partition coefficient (Wildman–Crippen LogP) is 12.7. The molecule has 0 unspecified atom stereocenters. The van der Waals surface area contributed by atoms with Crippen molar-refractivity contribution in [2.24, 2.45) is 11.8 Å². The van der Waals surface area contributed by atoms with Crippen LogP contribution in [0.5, 0.6) is 10.4 Å². The van der Waals surface area contributed by atoms with E-state index in [9.17, 15) is 8.78 Å². The maximum atomic E-state index is 14.5. The van der Waals surface area contributed by atoms with Crippen molar-refractivity contribution >= 4 is 107 Å². The molecule has 3 fully saturated rings. The molecule has 80 heavy (non-hydrogen) atoms. The van der Waals surface area contributed by atoms with Crippen LogP contribution in [0.15, 0.2) is 72.2 Å². The van der Waals surface area contributed by atoms with Crippen molar-refractivity contribution in [3.8, 4) is 21.6 Å². The van der Waals surface area contributed by atoms with Crippen LogP contribution in [-0.4, -0.2) is 119 Å². The van der Waals surface area contributed by atoms with E-state index in [1.165, 1.54) is 46.2 Å². The number of rotatable bonds is 14. The number of halogens is 3. The first kappa shape index (κ1) is 59.5. The van der Waals surface area contributed by atoms with Crippen molar-refractivity contribution in [1.29, 1.82) is 0 Å². The van der Waals surface area contributed by atoms with Crippen LogP contribution in [0.2, 0.25) is 0 Å². The molecule has 0 aliphatic carbocycles. The van der Waals surface area contributed by atoms with Gasteiger partial charge in [-0.25, -0.2) is 29.9 Å². The average molecular weight is 1240 g/mol. The number of aromatic nitrogens is 10. The number of piperidine rings is 2. The highest BCUT2D eigenvalue weighted by Gasteiger charge is 2.52. The van der Waals surface area contributed by atoms with Crippen LogP contribution in [0.3, 0.4) is 0 Å². The van der Waals surface area contributed by atoms with Gasteiger partial charge in [-0.2, -0.15) is 18.7 Å². The Labute approximate surface area is 490 Å². The monoisotopic (exact) mass is 1230 g/mol. The fourth-order valence-corrected chi connectivity index (χ4v) is 12.0. The Bertz CT molecular complexity index is 3350. The van der Waals surface area contributed by atoms with E-state index in [-0.39, 0.29) is 24.0 Å². The van der Waals surface area contributed by atoms with E-state index in [0.717, 1.165) is 84.0 Å². The SMILES string of the molecule is CC(C)c1noc(N2CCC([C@H](C)Oc3nc4ccc(Br)nc4s3)CC2)n1.CSc1ccc(-c2ccc3nc(O[C@@H](C)C4CCN(c5nc(C(C)C)no5)CC4)sc3n2)c(F)n1.CSc1ccc(B2OC(C)(C)C(C)(C)O2)c(F)n1. The second kappa shape index (κ2) is 25.6. The van der Waals surface area contributed by atoms with Gasteiger partial charge in [0.05, 0.1) is 32.5 Å². The first-order chi connectivity index (χ1) is 38.2. The maximum absolute atomic E-state index is 14.5. The van der Waals surface area contributed by atoms with Gasteiger partial charge < -0.3 is 37.6 Å². The first-order valence-corrected chi connectivity index (χ1v) is 31.5. The molecular weight excluding hydrogens is 1170 g/mol. The van der Waals surface area contributed by atoms with Crippen molar-refractivity contribution < 1.29 is 36.6 Å². The molecule has 0 bridgehead atoms. The van der Waals surface area contributed by atoms with Gasteiger partial charge in [-0.3, -0.25) is 0 Å². The number of thioether (sulfide) groups is 2. The molecule has 0 N–H and O–H groups in total. The van der Waals surface area contributed by atoms with Crippen molar-refractivity contribution in [3.63, 3.8) is 0 Å². The van der Waals surface area contributed by atoms with Gasteiger partial charge in [0, 0.05) is 43.5 Å². The Morgan fingerprint density at radius 2 is 1.06 bits per heavy atom. The zero-order chi connectivity index (χ0) is 57.0. The molecule has 426 valence electrons. The van der Waals surface area contributed by atoms with Crippen LogP contribution in [-0.2, 0) is 9.31 Å². The average Bonchev–Trinajstić information content (AvgIpc) is 4.36. The molecule has 11 rings (SSSR count). The van der Waals surface area contributed by atoms with E-state index < -0.39 is 30.2 Å². The van der Waals surface area contributed by atoms with Gasteiger partial charge in [0.2, 0.25) is 11.9 Å². The molecule has 0 amide bonds. The molecule has 3 aliphatic rings. The fraction of sp³-hybridized carbons (Fsp3) is 0.519. The summed E-state index contributed by atoms with van der Waals surface area (Å²) in [5.74, 6) is 1.84. The number of pyridine rings is 4. The van der Waals surface area contributed by atoms with Crippen LogP contribution < -0.4 is 24.7 Å². The first-order valence-electron chi connectivity index (χ1n) is 26.7. The normalized spacial score (nSPS) is 17.4. The maximum Gasteiger partial charge on any atom is 0.499 e. The lowest BCUT2D eigenvalue weighted by Gasteiger charge is -2.33. The summed E-state index contributed by atoms with van der Waals surface area (Å²) in [4.78, 5) is 41.0. The Morgan fingerprint density at radius 3 is 1.51 bits per heavy atom. The number of ether oxygens (including phenoxy) is 2. The molecule has 11 heterocycles. The Kier molecular flexibility index (Phi) is 19.0. The lowest BCUT2D eigenvalue weighted by Crippen LogP contribution is -2.41. The number of thiazole rings is 2. The van der Waals surface area contributed by atoms with Gasteiger partial charge in [-0.15, -0.1) is 23.5 Å². The summed E-state index contributed by atoms with van der Waals surface area (Å²) in [6, 6.07) is 15.7. The van der Waals surface area contributed by atoms with Gasteiger partial charge in [-0.1, -0.05) is 66.7 Å². The summed E-state index contributed by atoms with van der Waals surface area (Å²) in [5.41, 5.74) is 1.94. The highest BCUT2D eigenvalue weighted by molar-refractivity contribution is 9.10. The van der Waals surface area contributed by atoms with Crippen molar-refractivity contribution in [2.45, 2.75) is 140 Å². The van der Waals surface area contributed by atoms with Crippen molar-refractivity contribution in [2.75, 3.05) is 48.5 Å². The van der Waals surface area contributed by atoms with Crippen LogP contribution in [0.1, 0.15) is 118 Å². The molecule has 8 aromatic heterocycles. The summed E-state index contributed by atoms with van der Waals surface area (Å²) in [5, 5.41) is 10.7. The Balaban J connectivity index is 0.000000153. The number of fused-ring (bicyclic) bond motifs is 2. The molecule has 0 aromatic carbocycles. The largest absolute Gasteiger partial charge is 0.499 e. The van der Waals surface area contributed by atoms with E-state index in [2.05, 4.69) is 117 Å². The summed E-state index contributed by atoms with van der Waals surface area (Å²) >= 11 is 9.07. The second-order valence-corrected chi connectivity index (χ2v) is 25.8. The van der Waals surface area contributed by atoms with Crippen LogP contribution in [0.25, 0.3) is 32.0 Å². The van der Waals surface area contributed by atoms with Crippen LogP contribution in [0, 0.1) is 23.7 Å². The molecule has 3 aliphatic heterocycles. The van der Waals surface area contributed by atoms with E-state index in [1.54, 1.807) is 30.3 Å². The van der Waals surface area contributed by atoms with Crippen LogP contribution in [0.4, 0.5) is 20.8 Å². The molecule has 2 atom stereocenters. The molecule has 0 saturated carbocycles. The highest BCUT2D eigenvalue weighted by Crippen LogP contribution is 2.38. The third-order valence-electron chi connectivity index (χ3n) is 14.7. The minimum atomic E-state index is -0.696. The minimum absolute atomic E-state index is 0.00632. The zero-order valence-corrected chi connectivity index (χ0v) is 51.8. The van der Waals surface area contributed by atoms with Gasteiger partial charge in [-0.05, 0) is 150 Å². The molecule has 0 spiro atoms. The topological polar surface area (TPSA) is 199 Å². The van der Waals surface area contributed by atoms with E-state index >= 15 is 0 Å². The molecule has 8 aromatic rings. The standard InChI is InChI=1S/C24H27FN6O2S2.C18H22BrN5O2S.C12H17BFNO2S/c1-13(2)21-29-23(33-30-21)31-11-9-15(10-12-31)14(3)32-24-27-18-7-6-17(26-22(18)35-24)16-5-8-19(34-4)28-20(16)25;1-10(2)15-22-17(26-23-15)24-8-6-12(7-9-24)11(3)25-18-20-13-4-5-14(19)21-16(13)27-18;1-11(2)12(3,4)17-13(16-11)8-6-7-9(18-5)15-10(8)14/h5-8,13-15H,9-12H2,1-4H3;4-5,10-12H,6-9H2,1-3H3;6-7H,1-5H3/t14-;11-;/m00./s1. The Hall–Kier alpha value is -5.12. The van der Waals surface area contributed by atoms with Crippen molar-refractivity contribution in [1.82, 2.24) is 50.2 Å². The predicted molar refractivity (Wildman–Crippen MR) is 316 cm³/mol. The van der Waals surface area contributed by atoms with Gasteiger partial charge in [0.1, 0.15) is 37.5 Å². The van der Waals surface area contributed by atoms with Crippen LogP contribution >= 0.6 is 62.1 Å². The van der Waals surface area contributed by atoms with Crippen molar-refractivity contribution in [3.05, 3.63) is 76.7 Å². The summed E-state index contributed by atoms with van der Waals surface area (Å²) in [6.07, 6.45) is 7.81. The van der Waals surface area contributed by atoms with Gasteiger partial charge in [0.25, 0.3) is 10.4 Å². The number of nitrogens with zero attached hydrogens (tertiary/aromatic N) is 12. The lowest BCUT2D eigenvalue weighted by atomic mass is 9.80.